The van der Waals surface area contributed by atoms with Crippen LogP contribution in [-0.4, -0.2) is 15.0 Å². The summed E-state index contributed by atoms with van der Waals surface area (Å²) in [6.45, 7) is 0. The molecule has 1 atom stereocenters. The third kappa shape index (κ3) is 4.93. The van der Waals surface area contributed by atoms with E-state index in [1.54, 1.807) is 0 Å². The van der Waals surface area contributed by atoms with Crippen LogP contribution in [0.5, 0.6) is 0 Å². The van der Waals surface area contributed by atoms with Crippen LogP contribution in [-0.2, 0) is 4.32 Å². The van der Waals surface area contributed by atoms with Gasteiger partial charge in [0.1, 0.15) is 4.32 Å². The summed E-state index contributed by atoms with van der Waals surface area (Å²) < 4.78 is -0.544. The van der Waals surface area contributed by atoms with E-state index in [0.717, 1.165) is 23.1 Å². The molecule has 0 spiro atoms. The van der Waals surface area contributed by atoms with Crippen LogP contribution in [0, 0.1) is 0 Å². The zero-order chi connectivity index (χ0) is 25.1. The minimum absolute atomic E-state index is 0.544. The first-order valence-electron chi connectivity index (χ1n) is 12.3. The van der Waals surface area contributed by atoms with E-state index in [-0.39, 0.29) is 0 Å². The number of hydrogen-bond acceptors (Lipinski definition) is 3. The molecule has 4 heteroatoms. The molecule has 1 aliphatic rings. The van der Waals surface area contributed by atoms with Crippen LogP contribution in [0.4, 0.5) is 0 Å². The molecule has 4 aromatic carbocycles. The van der Waals surface area contributed by atoms with Crippen molar-refractivity contribution in [1.82, 2.24) is 15.0 Å². The van der Waals surface area contributed by atoms with Gasteiger partial charge in [-0.1, -0.05) is 149 Å². The van der Waals surface area contributed by atoms with Crippen molar-refractivity contribution in [2.24, 2.45) is 0 Å². The molecule has 1 aromatic heterocycles. The first-order chi connectivity index (χ1) is 18.2. The Balaban J connectivity index is 1.42. The standard InChI is InChI=1S/C33H24BrN3/c34-33(22-10-17-29(23-33)25-13-6-2-7-14-25)32-36-30(27-15-8-3-9-16-27)35-31(37-32)28-20-18-26(19-21-28)24-11-4-1-5-12-24/h1-22H,23H2. The molecule has 0 saturated heterocycles. The highest BCUT2D eigenvalue weighted by Gasteiger charge is 2.34. The molecule has 1 aliphatic carbocycles. The van der Waals surface area contributed by atoms with Gasteiger partial charge in [-0.15, -0.1) is 0 Å². The van der Waals surface area contributed by atoms with Crippen molar-refractivity contribution < 1.29 is 0 Å². The lowest BCUT2D eigenvalue weighted by Gasteiger charge is -2.27. The van der Waals surface area contributed by atoms with Crippen molar-refractivity contribution in [1.29, 1.82) is 0 Å². The SMILES string of the molecule is BrC1(c2nc(-c3ccccc3)nc(-c3ccc(-c4ccccc4)cc3)n2)C=CC=C(c2ccccc2)C1. The van der Waals surface area contributed by atoms with Gasteiger partial charge in [-0.2, -0.15) is 0 Å². The lowest BCUT2D eigenvalue weighted by atomic mass is 9.89. The highest BCUT2D eigenvalue weighted by Crippen LogP contribution is 2.43. The van der Waals surface area contributed by atoms with Gasteiger partial charge in [0.05, 0.1) is 0 Å². The molecule has 0 fully saturated rings. The largest absolute Gasteiger partial charge is 0.211 e. The summed E-state index contributed by atoms with van der Waals surface area (Å²) in [6.07, 6.45) is 7.11. The molecule has 0 amide bonds. The summed E-state index contributed by atoms with van der Waals surface area (Å²) in [6, 6.07) is 39.3. The van der Waals surface area contributed by atoms with Gasteiger partial charge in [0.15, 0.2) is 17.5 Å². The summed E-state index contributed by atoms with van der Waals surface area (Å²) in [5, 5.41) is 0. The lowest BCUT2D eigenvalue weighted by Crippen LogP contribution is -2.22. The minimum atomic E-state index is -0.544. The summed E-state index contributed by atoms with van der Waals surface area (Å²) >= 11 is 4.02. The van der Waals surface area contributed by atoms with Gasteiger partial charge in [0.2, 0.25) is 0 Å². The van der Waals surface area contributed by atoms with Gasteiger partial charge in [-0.25, -0.2) is 15.0 Å². The van der Waals surface area contributed by atoms with Gasteiger partial charge >= 0.3 is 0 Å². The van der Waals surface area contributed by atoms with Crippen LogP contribution in [0.3, 0.4) is 0 Å². The summed E-state index contributed by atoms with van der Waals surface area (Å²) in [5.74, 6) is 2.02. The summed E-state index contributed by atoms with van der Waals surface area (Å²) in [4.78, 5) is 14.9. The molecule has 3 nitrogen and oxygen atoms in total. The molecular weight excluding hydrogens is 518 g/mol. The summed E-state index contributed by atoms with van der Waals surface area (Å²) in [5.41, 5.74) is 6.69. The minimum Gasteiger partial charge on any atom is -0.211 e. The van der Waals surface area contributed by atoms with Gasteiger partial charge in [-0.3, -0.25) is 0 Å². The Kier molecular flexibility index (Phi) is 6.33. The van der Waals surface area contributed by atoms with Crippen molar-refractivity contribution in [2.45, 2.75) is 10.7 Å². The van der Waals surface area contributed by atoms with Gasteiger partial charge < -0.3 is 0 Å². The molecule has 5 aromatic rings. The second-order valence-corrected chi connectivity index (χ2v) is 10.5. The maximum atomic E-state index is 5.01. The van der Waals surface area contributed by atoms with Crippen molar-refractivity contribution in [3.8, 4) is 33.9 Å². The average Bonchev–Trinajstić information content (AvgIpc) is 2.98. The number of aromatic nitrogens is 3. The number of nitrogens with zero attached hydrogens (tertiary/aromatic N) is 3. The Bertz CT molecular complexity index is 1580. The molecule has 0 bridgehead atoms. The Morgan fingerprint density at radius 2 is 0.973 bits per heavy atom. The van der Waals surface area contributed by atoms with Crippen LogP contribution in [0.15, 0.2) is 133 Å². The van der Waals surface area contributed by atoms with Crippen molar-refractivity contribution in [2.75, 3.05) is 0 Å². The van der Waals surface area contributed by atoms with Gasteiger partial charge in [-0.05, 0) is 28.7 Å². The number of benzene rings is 4. The molecule has 37 heavy (non-hydrogen) atoms. The van der Waals surface area contributed by atoms with Crippen LogP contribution in [0.1, 0.15) is 17.8 Å². The number of hydrogen-bond donors (Lipinski definition) is 0. The molecule has 0 aliphatic heterocycles. The topological polar surface area (TPSA) is 38.7 Å². The van der Waals surface area contributed by atoms with E-state index in [1.165, 1.54) is 16.7 Å². The van der Waals surface area contributed by atoms with E-state index in [0.29, 0.717) is 17.5 Å². The maximum absolute atomic E-state index is 5.01. The Morgan fingerprint density at radius 1 is 0.514 bits per heavy atom. The second-order valence-electron chi connectivity index (χ2n) is 9.07. The number of halogens is 1. The fraction of sp³-hybridized carbons (Fsp3) is 0.0606. The fourth-order valence-electron chi connectivity index (χ4n) is 4.57. The molecule has 6 rings (SSSR count). The van der Waals surface area contributed by atoms with E-state index in [2.05, 4.69) is 107 Å². The molecule has 0 N–H and O–H groups in total. The highest BCUT2D eigenvalue weighted by molar-refractivity contribution is 9.09. The van der Waals surface area contributed by atoms with E-state index >= 15 is 0 Å². The van der Waals surface area contributed by atoms with Crippen molar-refractivity contribution >= 4 is 21.5 Å². The molecule has 0 radical (unpaired) electrons. The monoisotopic (exact) mass is 541 g/mol. The third-order valence-electron chi connectivity index (χ3n) is 6.54. The van der Waals surface area contributed by atoms with Gasteiger partial charge in [0, 0.05) is 11.1 Å². The lowest BCUT2D eigenvalue weighted by molar-refractivity contribution is 0.728. The Morgan fingerprint density at radius 3 is 1.57 bits per heavy atom. The zero-order valence-corrected chi connectivity index (χ0v) is 21.7. The quantitative estimate of drug-likeness (QED) is 0.209. The normalized spacial score (nSPS) is 16.8. The average molecular weight is 542 g/mol. The highest BCUT2D eigenvalue weighted by atomic mass is 79.9. The van der Waals surface area contributed by atoms with Crippen LogP contribution in [0.2, 0.25) is 0 Å². The smallest absolute Gasteiger partial charge is 0.163 e. The molecule has 0 saturated carbocycles. The predicted octanol–water partition coefficient (Wildman–Crippen LogP) is 8.51. The predicted molar refractivity (Wildman–Crippen MR) is 155 cm³/mol. The maximum Gasteiger partial charge on any atom is 0.163 e. The molecular formula is C33H24BrN3. The fourth-order valence-corrected chi connectivity index (χ4v) is 5.20. The van der Waals surface area contributed by atoms with Crippen molar-refractivity contribution in [3.05, 3.63) is 145 Å². The zero-order valence-electron chi connectivity index (χ0n) is 20.1. The third-order valence-corrected chi connectivity index (χ3v) is 7.44. The first kappa shape index (κ1) is 23.3. The number of allylic oxidation sites excluding steroid dienone is 4. The van der Waals surface area contributed by atoms with Gasteiger partial charge in [0.25, 0.3) is 0 Å². The molecule has 178 valence electrons. The summed E-state index contributed by atoms with van der Waals surface area (Å²) in [7, 11) is 0. The first-order valence-corrected chi connectivity index (χ1v) is 13.1. The Labute approximate surface area is 225 Å². The Hall–Kier alpha value is -4.15. The van der Waals surface area contributed by atoms with Crippen molar-refractivity contribution in [3.63, 3.8) is 0 Å². The molecule has 1 unspecified atom stereocenters. The van der Waals surface area contributed by atoms with E-state index in [1.807, 2.05) is 42.5 Å². The van der Waals surface area contributed by atoms with Crippen LogP contribution < -0.4 is 0 Å². The number of rotatable bonds is 5. The van der Waals surface area contributed by atoms with Crippen LogP contribution >= 0.6 is 15.9 Å². The molecule has 1 heterocycles. The van der Waals surface area contributed by atoms with E-state index in [4.69, 9.17) is 15.0 Å². The van der Waals surface area contributed by atoms with E-state index in [9.17, 15) is 0 Å². The second kappa shape index (κ2) is 10.1. The number of alkyl halides is 1. The van der Waals surface area contributed by atoms with Crippen LogP contribution in [0.25, 0.3) is 39.5 Å². The van der Waals surface area contributed by atoms with E-state index < -0.39 is 4.32 Å².